The van der Waals surface area contributed by atoms with Gasteiger partial charge in [-0.15, -0.1) is 0 Å². The first-order valence-electron chi connectivity index (χ1n) is 5.08. The van der Waals surface area contributed by atoms with Gasteiger partial charge in [-0.05, 0) is 26.2 Å². The number of ether oxygens (including phenoxy) is 1. The predicted molar refractivity (Wildman–Crippen MR) is 57.4 cm³/mol. The Bertz CT molecular complexity index is 215. The lowest BCUT2D eigenvalue weighted by molar-refractivity contribution is -0.295. The van der Waals surface area contributed by atoms with Crippen LogP contribution in [0, 0.1) is 10.8 Å². The summed E-state index contributed by atoms with van der Waals surface area (Å²) in [6.07, 6.45) is -0.593. The Hall–Kier alpha value is -0.610. The van der Waals surface area contributed by atoms with Crippen molar-refractivity contribution in [1.29, 1.82) is 0 Å². The predicted octanol–water partition coefficient (Wildman–Crippen LogP) is 2.48. The molecule has 0 saturated heterocycles. The highest BCUT2D eigenvalue weighted by molar-refractivity contribution is 5.76. The fraction of sp³-hybridized carbons (Fsp3) is 0.909. The maximum atomic E-state index is 11.7. The zero-order chi connectivity index (χ0) is 12.3. The van der Waals surface area contributed by atoms with Gasteiger partial charge in [0.05, 0.1) is 12.0 Å². The van der Waals surface area contributed by atoms with Gasteiger partial charge < -0.3 is 4.74 Å². The summed E-state index contributed by atoms with van der Waals surface area (Å²) in [5, 5.41) is 8.54. The maximum absolute atomic E-state index is 11.7. The molecular formula is C11H22O4. The molecule has 0 fully saturated rings. The fourth-order valence-electron chi connectivity index (χ4n) is 0.766. The summed E-state index contributed by atoms with van der Waals surface area (Å²) in [4.78, 5) is 15.9. The highest BCUT2D eigenvalue weighted by Crippen LogP contribution is 2.25. The third-order valence-corrected chi connectivity index (χ3v) is 2.34. The molecule has 4 heteroatoms. The molecule has 1 atom stereocenters. The highest BCUT2D eigenvalue weighted by Gasteiger charge is 2.37. The molecule has 0 aliphatic heterocycles. The molecule has 4 nitrogen and oxygen atoms in total. The molecule has 15 heavy (non-hydrogen) atoms. The van der Waals surface area contributed by atoms with Crippen LogP contribution in [0.1, 0.15) is 41.5 Å². The Balaban J connectivity index is 4.32. The van der Waals surface area contributed by atoms with Gasteiger partial charge in [0.25, 0.3) is 0 Å². The molecule has 0 bridgehead atoms. The lowest BCUT2D eigenvalue weighted by Crippen LogP contribution is -2.39. The van der Waals surface area contributed by atoms with Gasteiger partial charge in [0.2, 0.25) is 0 Å². The van der Waals surface area contributed by atoms with Crippen LogP contribution in [0.3, 0.4) is 0 Å². The van der Waals surface area contributed by atoms with Crippen molar-refractivity contribution in [2.24, 2.45) is 10.8 Å². The Kier molecular flexibility index (Phi) is 4.74. The normalized spacial score (nSPS) is 14.9. The van der Waals surface area contributed by atoms with Crippen molar-refractivity contribution in [2.75, 3.05) is 6.61 Å². The third kappa shape index (κ3) is 4.62. The Morgan fingerprint density at radius 1 is 1.27 bits per heavy atom. The van der Waals surface area contributed by atoms with E-state index in [0.29, 0.717) is 6.61 Å². The monoisotopic (exact) mass is 218 g/mol. The van der Waals surface area contributed by atoms with Gasteiger partial charge in [-0.2, -0.15) is 0 Å². The van der Waals surface area contributed by atoms with Gasteiger partial charge in [0, 0.05) is 0 Å². The molecule has 90 valence electrons. The summed E-state index contributed by atoms with van der Waals surface area (Å²) < 4.78 is 5.16. The van der Waals surface area contributed by atoms with E-state index >= 15 is 0 Å². The summed E-state index contributed by atoms with van der Waals surface area (Å²) in [5.74, 6) is -0.362. The van der Waals surface area contributed by atoms with Crippen LogP contribution in [0.2, 0.25) is 0 Å². The second-order valence-electron chi connectivity index (χ2n) is 5.61. The van der Waals surface area contributed by atoms with Crippen LogP contribution in [0.15, 0.2) is 0 Å². The fourth-order valence-corrected chi connectivity index (χ4v) is 0.766. The summed E-state index contributed by atoms with van der Waals surface area (Å²) in [6, 6.07) is 0. The average Bonchev–Trinajstić information content (AvgIpc) is 2.11. The molecule has 0 aromatic rings. The van der Waals surface area contributed by atoms with E-state index in [0.717, 1.165) is 0 Å². The minimum Gasteiger partial charge on any atom is -0.465 e. The first-order valence-corrected chi connectivity index (χ1v) is 5.08. The van der Waals surface area contributed by atoms with E-state index in [2.05, 4.69) is 4.89 Å². The van der Waals surface area contributed by atoms with Gasteiger partial charge in [-0.1, -0.05) is 20.8 Å². The third-order valence-electron chi connectivity index (χ3n) is 2.34. The molecule has 0 aromatic carbocycles. The molecule has 0 heterocycles. The van der Waals surface area contributed by atoms with Crippen molar-refractivity contribution in [2.45, 2.75) is 47.6 Å². The van der Waals surface area contributed by atoms with E-state index in [1.54, 1.807) is 20.8 Å². The summed E-state index contributed by atoms with van der Waals surface area (Å²) in [7, 11) is 0. The average molecular weight is 218 g/mol. The molecule has 0 aromatic heterocycles. The quantitative estimate of drug-likeness (QED) is 0.447. The lowest BCUT2D eigenvalue weighted by Gasteiger charge is -2.28. The summed E-state index contributed by atoms with van der Waals surface area (Å²) >= 11 is 0. The van der Waals surface area contributed by atoms with Crippen LogP contribution in [0.5, 0.6) is 0 Å². The molecule has 0 radical (unpaired) electrons. The molecule has 0 saturated carbocycles. The number of carbonyl (C=O) groups is 1. The van der Waals surface area contributed by atoms with Crippen LogP contribution in [-0.2, 0) is 14.4 Å². The van der Waals surface area contributed by atoms with E-state index in [9.17, 15) is 4.79 Å². The molecule has 0 spiro atoms. The second kappa shape index (κ2) is 4.94. The van der Waals surface area contributed by atoms with Crippen LogP contribution in [-0.4, -0.2) is 23.9 Å². The van der Waals surface area contributed by atoms with Crippen molar-refractivity contribution in [1.82, 2.24) is 0 Å². The zero-order valence-corrected chi connectivity index (χ0v) is 10.5. The largest absolute Gasteiger partial charge is 0.465 e. The van der Waals surface area contributed by atoms with Crippen LogP contribution >= 0.6 is 0 Å². The number of hydrogen-bond donors (Lipinski definition) is 1. The van der Waals surface area contributed by atoms with E-state index < -0.39 is 11.5 Å². The molecule has 0 rings (SSSR count). The molecular weight excluding hydrogens is 196 g/mol. The van der Waals surface area contributed by atoms with Crippen molar-refractivity contribution in [3.63, 3.8) is 0 Å². The van der Waals surface area contributed by atoms with Crippen molar-refractivity contribution >= 4 is 5.97 Å². The topological polar surface area (TPSA) is 55.8 Å². The van der Waals surface area contributed by atoms with Gasteiger partial charge in [0.15, 0.2) is 0 Å². The van der Waals surface area contributed by atoms with Crippen LogP contribution in [0.4, 0.5) is 0 Å². The second-order valence-corrected chi connectivity index (χ2v) is 5.61. The van der Waals surface area contributed by atoms with Crippen molar-refractivity contribution in [3.05, 3.63) is 0 Å². The van der Waals surface area contributed by atoms with Gasteiger partial charge in [0.1, 0.15) is 6.10 Å². The molecule has 1 N–H and O–H groups in total. The minimum absolute atomic E-state index is 0.0605. The standard InChI is InChI=1S/C11H22O4/c1-8(15-13)11(5,6)9(12)14-7-10(2,3)4/h8,13H,7H2,1-6H3. The smallest absolute Gasteiger partial charge is 0.314 e. The summed E-state index contributed by atoms with van der Waals surface area (Å²) in [6.45, 7) is 11.3. The van der Waals surface area contributed by atoms with E-state index in [1.165, 1.54) is 0 Å². The SMILES string of the molecule is CC(OO)C(C)(C)C(=O)OCC(C)(C)C. The first-order chi connectivity index (χ1) is 6.61. The molecule has 0 aliphatic rings. The van der Waals surface area contributed by atoms with E-state index in [-0.39, 0.29) is 11.4 Å². The summed E-state index contributed by atoms with van der Waals surface area (Å²) in [5.41, 5.74) is -0.908. The Morgan fingerprint density at radius 3 is 2.07 bits per heavy atom. The lowest BCUT2D eigenvalue weighted by atomic mass is 9.87. The zero-order valence-electron chi connectivity index (χ0n) is 10.5. The minimum atomic E-state index is -0.847. The van der Waals surface area contributed by atoms with Gasteiger partial charge in [-0.3, -0.25) is 10.1 Å². The van der Waals surface area contributed by atoms with Crippen LogP contribution < -0.4 is 0 Å². The number of rotatable bonds is 4. The molecule has 0 aliphatic carbocycles. The van der Waals surface area contributed by atoms with Gasteiger partial charge >= 0.3 is 5.97 Å². The highest BCUT2D eigenvalue weighted by atomic mass is 17.1. The van der Waals surface area contributed by atoms with Crippen molar-refractivity contribution in [3.8, 4) is 0 Å². The Morgan fingerprint density at radius 2 is 1.73 bits per heavy atom. The number of esters is 1. The van der Waals surface area contributed by atoms with Crippen molar-refractivity contribution < 1.29 is 19.7 Å². The first kappa shape index (κ1) is 14.4. The van der Waals surface area contributed by atoms with E-state index in [4.69, 9.17) is 9.99 Å². The molecule has 0 amide bonds. The van der Waals surface area contributed by atoms with Gasteiger partial charge in [-0.25, -0.2) is 4.89 Å². The maximum Gasteiger partial charge on any atom is 0.314 e. The number of carbonyl (C=O) groups excluding carboxylic acids is 1. The Labute approximate surface area is 91.5 Å². The van der Waals surface area contributed by atoms with Crippen LogP contribution in [0.25, 0.3) is 0 Å². The molecule has 1 unspecified atom stereocenters. The number of hydrogen-bond acceptors (Lipinski definition) is 4. The van der Waals surface area contributed by atoms with E-state index in [1.807, 2.05) is 20.8 Å².